The summed E-state index contributed by atoms with van der Waals surface area (Å²) in [6.45, 7) is 4.34. The van der Waals surface area contributed by atoms with Gasteiger partial charge in [0, 0.05) is 88.5 Å². The number of aryl methyl sites for hydroxylation is 2. The fraction of sp³-hybridized carbons (Fsp3) is 0.0588. The SMILES string of the molecule is Cc1cc(Nc2ccncc2-c2cccnc2)ccc1-c1ccc(-n2c3ccncc3c3cnccc32)cc1C. The minimum atomic E-state index is 0.993. The third-order valence-corrected chi connectivity index (χ3v) is 7.43. The van der Waals surface area contributed by atoms with E-state index in [1.54, 1.807) is 12.4 Å². The number of anilines is 2. The largest absolute Gasteiger partial charge is 0.355 e. The molecule has 6 nitrogen and oxygen atoms in total. The molecular weight excluding hydrogens is 492 g/mol. The highest BCUT2D eigenvalue weighted by Gasteiger charge is 2.14. The Morgan fingerprint density at radius 3 is 1.90 bits per heavy atom. The van der Waals surface area contributed by atoms with E-state index in [1.807, 2.05) is 55.4 Å². The van der Waals surface area contributed by atoms with Gasteiger partial charge in [0.1, 0.15) is 0 Å². The highest BCUT2D eigenvalue weighted by molar-refractivity contribution is 6.08. The summed E-state index contributed by atoms with van der Waals surface area (Å²) in [7, 11) is 0. The van der Waals surface area contributed by atoms with Gasteiger partial charge in [-0.1, -0.05) is 18.2 Å². The Bertz CT molecular complexity index is 1960. The van der Waals surface area contributed by atoms with E-state index in [0.29, 0.717) is 0 Å². The van der Waals surface area contributed by atoms with E-state index in [9.17, 15) is 0 Å². The van der Waals surface area contributed by atoms with Crippen molar-refractivity contribution >= 4 is 33.2 Å². The van der Waals surface area contributed by atoms with Crippen molar-refractivity contribution in [3.63, 3.8) is 0 Å². The van der Waals surface area contributed by atoms with Crippen LogP contribution in [0.1, 0.15) is 11.1 Å². The minimum absolute atomic E-state index is 0.993. The average molecular weight is 519 g/mol. The molecule has 0 saturated heterocycles. The Labute approximate surface area is 232 Å². The van der Waals surface area contributed by atoms with E-state index < -0.39 is 0 Å². The zero-order chi connectivity index (χ0) is 27.1. The molecule has 7 aromatic rings. The lowest BCUT2D eigenvalue weighted by Crippen LogP contribution is -1.97. The normalized spacial score (nSPS) is 11.2. The van der Waals surface area contributed by atoms with Crippen LogP contribution in [0, 0.1) is 13.8 Å². The number of fused-ring (bicyclic) bond motifs is 3. The molecule has 0 aliphatic rings. The first-order valence-corrected chi connectivity index (χ1v) is 13.2. The second-order valence-corrected chi connectivity index (χ2v) is 9.94. The maximum absolute atomic E-state index is 4.35. The van der Waals surface area contributed by atoms with Crippen LogP contribution in [0.25, 0.3) is 49.7 Å². The second kappa shape index (κ2) is 9.75. The van der Waals surface area contributed by atoms with E-state index in [4.69, 9.17) is 0 Å². The summed E-state index contributed by atoms with van der Waals surface area (Å²) >= 11 is 0. The van der Waals surface area contributed by atoms with Crippen LogP contribution in [0.15, 0.2) is 116 Å². The molecule has 0 aliphatic heterocycles. The van der Waals surface area contributed by atoms with Crippen LogP contribution in [-0.2, 0) is 0 Å². The zero-order valence-electron chi connectivity index (χ0n) is 22.2. The van der Waals surface area contributed by atoms with E-state index in [2.05, 4.69) is 92.2 Å². The summed E-state index contributed by atoms with van der Waals surface area (Å²) < 4.78 is 2.29. The molecule has 0 aliphatic carbocycles. The van der Waals surface area contributed by atoms with Gasteiger partial charge in [-0.3, -0.25) is 19.9 Å². The Kier molecular flexibility index (Phi) is 5.78. The third-order valence-electron chi connectivity index (χ3n) is 7.43. The van der Waals surface area contributed by atoms with Crippen LogP contribution in [0.3, 0.4) is 0 Å². The number of nitrogens with one attached hydrogen (secondary N) is 1. The molecule has 0 saturated carbocycles. The van der Waals surface area contributed by atoms with Gasteiger partial charge in [-0.15, -0.1) is 0 Å². The average Bonchev–Trinajstić information content (AvgIpc) is 3.33. The van der Waals surface area contributed by atoms with Gasteiger partial charge in [0.25, 0.3) is 0 Å². The second-order valence-electron chi connectivity index (χ2n) is 9.94. The van der Waals surface area contributed by atoms with E-state index >= 15 is 0 Å². The quantitative estimate of drug-likeness (QED) is 0.250. The number of nitrogens with zero attached hydrogens (tertiary/aromatic N) is 5. The summed E-state index contributed by atoms with van der Waals surface area (Å²) in [6, 6.07) is 23.3. The Morgan fingerprint density at radius 2 is 1.23 bits per heavy atom. The maximum atomic E-state index is 4.35. The number of pyridine rings is 4. The fourth-order valence-electron chi connectivity index (χ4n) is 5.53. The lowest BCUT2D eigenvalue weighted by Gasteiger charge is -2.16. The minimum Gasteiger partial charge on any atom is -0.355 e. The van der Waals surface area contributed by atoms with Gasteiger partial charge in [-0.25, -0.2) is 0 Å². The number of hydrogen-bond donors (Lipinski definition) is 1. The molecule has 0 bridgehead atoms. The Morgan fingerprint density at radius 1 is 0.575 bits per heavy atom. The van der Waals surface area contributed by atoms with E-state index in [1.165, 1.54) is 22.3 Å². The number of rotatable bonds is 5. The lowest BCUT2D eigenvalue weighted by molar-refractivity contribution is 1.16. The lowest BCUT2D eigenvalue weighted by atomic mass is 9.95. The van der Waals surface area contributed by atoms with Gasteiger partial charge < -0.3 is 9.88 Å². The molecular formula is C34H26N6. The molecule has 2 aromatic carbocycles. The summed E-state index contributed by atoms with van der Waals surface area (Å²) in [6.07, 6.45) is 14.8. The molecule has 0 spiro atoms. The summed E-state index contributed by atoms with van der Waals surface area (Å²) in [5.41, 5.74) is 12.3. The molecule has 6 heteroatoms. The van der Waals surface area contributed by atoms with Crippen molar-refractivity contribution in [2.75, 3.05) is 5.32 Å². The topological polar surface area (TPSA) is 68.5 Å². The first kappa shape index (κ1) is 23.7. The Balaban J connectivity index is 1.23. The predicted octanol–water partition coefficient (Wildman–Crippen LogP) is 8.06. The molecule has 0 fully saturated rings. The van der Waals surface area contributed by atoms with Gasteiger partial charge >= 0.3 is 0 Å². The van der Waals surface area contributed by atoms with Gasteiger partial charge in [0.2, 0.25) is 0 Å². The Hall–Kier alpha value is -5.36. The maximum Gasteiger partial charge on any atom is 0.0572 e. The molecule has 192 valence electrons. The fourth-order valence-corrected chi connectivity index (χ4v) is 5.53. The van der Waals surface area contributed by atoms with Crippen molar-refractivity contribution in [3.8, 4) is 27.9 Å². The molecule has 7 rings (SSSR count). The monoisotopic (exact) mass is 518 g/mol. The van der Waals surface area contributed by atoms with Crippen molar-refractivity contribution in [2.24, 2.45) is 0 Å². The molecule has 5 aromatic heterocycles. The predicted molar refractivity (Wildman–Crippen MR) is 162 cm³/mol. The summed E-state index contributed by atoms with van der Waals surface area (Å²) in [5.74, 6) is 0. The third kappa shape index (κ3) is 4.07. The standard InChI is InChI=1S/C34H26N6/c1-22-16-25(39-32-9-13-36-19-29(32)24-4-3-12-35-18-24)5-7-27(22)28-8-6-26(17-23(28)2)40-33-10-14-37-20-30(33)31-21-38-15-11-34(31)40/h3-21H,1-2H3,(H,36,39). The van der Waals surface area contributed by atoms with Crippen molar-refractivity contribution in [1.82, 2.24) is 24.5 Å². The van der Waals surface area contributed by atoms with Crippen LogP contribution >= 0.6 is 0 Å². The van der Waals surface area contributed by atoms with Crippen molar-refractivity contribution in [3.05, 3.63) is 127 Å². The molecule has 0 unspecified atom stereocenters. The molecule has 1 N–H and O–H groups in total. The van der Waals surface area contributed by atoms with Crippen LogP contribution in [0.4, 0.5) is 11.4 Å². The number of aromatic nitrogens is 5. The van der Waals surface area contributed by atoms with Crippen molar-refractivity contribution in [1.29, 1.82) is 0 Å². The first-order valence-electron chi connectivity index (χ1n) is 13.2. The highest BCUT2D eigenvalue weighted by atomic mass is 15.0. The van der Waals surface area contributed by atoms with E-state index in [-0.39, 0.29) is 0 Å². The molecule has 40 heavy (non-hydrogen) atoms. The summed E-state index contributed by atoms with van der Waals surface area (Å²) in [5, 5.41) is 5.79. The van der Waals surface area contributed by atoms with Crippen LogP contribution in [0.2, 0.25) is 0 Å². The first-order chi connectivity index (χ1) is 19.7. The zero-order valence-corrected chi connectivity index (χ0v) is 22.2. The molecule has 0 amide bonds. The smallest absolute Gasteiger partial charge is 0.0572 e. The van der Waals surface area contributed by atoms with Gasteiger partial charge in [0.05, 0.1) is 11.0 Å². The van der Waals surface area contributed by atoms with Crippen molar-refractivity contribution < 1.29 is 0 Å². The van der Waals surface area contributed by atoms with Gasteiger partial charge in [0.15, 0.2) is 0 Å². The van der Waals surface area contributed by atoms with Crippen LogP contribution < -0.4 is 5.32 Å². The molecule has 0 atom stereocenters. The molecule has 0 radical (unpaired) electrons. The van der Waals surface area contributed by atoms with Gasteiger partial charge in [-0.2, -0.15) is 0 Å². The molecule has 5 heterocycles. The van der Waals surface area contributed by atoms with Crippen molar-refractivity contribution in [2.45, 2.75) is 13.8 Å². The van der Waals surface area contributed by atoms with Gasteiger partial charge in [-0.05, 0) is 84.6 Å². The highest BCUT2D eigenvalue weighted by Crippen LogP contribution is 2.35. The number of benzene rings is 2. The van der Waals surface area contributed by atoms with E-state index in [0.717, 1.165) is 50.0 Å². The summed E-state index contributed by atoms with van der Waals surface area (Å²) in [4.78, 5) is 17.3. The van der Waals surface area contributed by atoms with Crippen LogP contribution in [0.5, 0.6) is 0 Å². The van der Waals surface area contributed by atoms with Crippen LogP contribution in [-0.4, -0.2) is 24.5 Å². The number of hydrogen-bond acceptors (Lipinski definition) is 5.